The van der Waals surface area contributed by atoms with Crippen LogP contribution in [0.1, 0.15) is 17.2 Å². The molecule has 1 aliphatic rings. The van der Waals surface area contributed by atoms with Crippen LogP contribution in [-0.2, 0) is 0 Å². The van der Waals surface area contributed by atoms with Gasteiger partial charge in [-0.1, -0.05) is 53.4 Å². The first-order chi connectivity index (χ1) is 12.3. The molecule has 5 rings (SSSR count). The van der Waals surface area contributed by atoms with Gasteiger partial charge in [0.15, 0.2) is 0 Å². The fraction of sp³-hybridized carbons (Fsp3) is 0.100. The van der Waals surface area contributed by atoms with Crippen molar-refractivity contribution in [2.24, 2.45) is 0 Å². The third-order valence-electron chi connectivity index (χ3n) is 4.57. The number of para-hydroxylation sites is 1. The molecule has 4 aromatic rings. The van der Waals surface area contributed by atoms with Gasteiger partial charge in [0.25, 0.3) is 0 Å². The number of fused-ring (bicyclic) bond motifs is 3. The number of nitrogens with zero attached hydrogens (tertiary/aromatic N) is 3. The number of aromatic nitrogens is 3. The summed E-state index contributed by atoms with van der Waals surface area (Å²) in [5, 5.41) is 8.84. The molecule has 1 aromatic heterocycles. The van der Waals surface area contributed by atoms with Crippen LogP contribution in [0.3, 0.4) is 0 Å². The molecule has 0 N–H and O–H groups in total. The van der Waals surface area contributed by atoms with E-state index in [0.29, 0.717) is 0 Å². The molecule has 1 aliphatic heterocycles. The average Bonchev–Trinajstić information content (AvgIpc) is 3.09. The summed E-state index contributed by atoms with van der Waals surface area (Å²) in [6.07, 6.45) is 0. The minimum absolute atomic E-state index is 0.00533. The van der Waals surface area contributed by atoms with Crippen LogP contribution in [0.2, 0.25) is 0 Å². The van der Waals surface area contributed by atoms with Crippen molar-refractivity contribution in [2.75, 3.05) is 7.11 Å². The summed E-state index contributed by atoms with van der Waals surface area (Å²) in [6.45, 7) is 0. The quantitative estimate of drug-likeness (QED) is 0.471. The van der Waals surface area contributed by atoms with Crippen LogP contribution in [0.4, 0.5) is 0 Å². The summed E-state index contributed by atoms with van der Waals surface area (Å²) >= 11 is 1.78. The fourth-order valence-electron chi connectivity index (χ4n) is 3.38. The lowest BCUT2D eigenvalue weighted by Crippen LogP contribution is -2.18. The Labute approximate surface area is 149 Å². The predicted molar refractivity (Wildman–Crippen MR) is 98.3 cm³/mol. The van der Waals surface area contributed by atoms with Crippen molar-refractivity contribution in [3.8, 4) is 5.75 Å². The van der Waals surface area contributed by atoms with E-state index in [2.05, 4.69) is 52.8 Å². The zero-order valence-electron chi connectivity index (χ0n) is 13.6. The molecule has 1 unspecified atom stereocenters. The van der Waals surface area contributed by atoms with Crippen LogP contribution < -0.4 is 4.74 Å². The van der Waals surface area contributed by atoms with Gasteiger partial charge in [-0.2, -0.15) is 0 Å². The molecule has 2 heterocycles. The smallest absolute Gasteiger partial charge is 0.120 e. The van der Waals surface area contributed by atoms with Gasteiger partial charge in [0, 0.05) is 9.79 Å². The fourth-order valence-corrected chi connectivity index (χ4v) is 4.54. The minimum Gasteiger partial charge on any atom is -0.497 e. The number of benzene rings is 3. The Morgan fingerprint density at radius 1 is 0.920 bits per heavy atom. The zero-order valence-corrected chi connectivity index (χ0v) is 14.4. The number of hydrogen-bond donors (Lipinski definition) is 0. The summed E-state index contributed by atoms with van der Waals surface area (Å²) in [5.74, 6) is 0.868. The number of methoxy groups -OCH3 is 1. The van der Waals surface area contributed by atoms with Crippen LogP contribution >= 0.6 is 11.8 Å². The molecule has 0 spiro atoms. The van der Waals surface area contributed by atoms with Crippen LogP contribution in [0, 0.1) is 0 Å². The van der Waals surface area contributed by atoms with E-state index >= 15 is 0 Å². The second kappa shape index (κ2) is 5.63. The van der Waals surface area contributed by atoms with E-state index in [1.54, 1.807) is 18.9 Å². The van der Waals surface area contributed by atoms with Crippen molar-refractivity contribution in [1.82, 2.24) is 15.0 Å². The van der Waals surface area contributed by atoms with Crippen molar-refractivity contribution in [2.45, 2.75) is 15.8 Å². The van der Waals surface area contributed by atoms with Crippen molar-refractivity contribution in [3.63, 3.8) is 0 Å². The van der Waals surface area contributed by atoms with Crippen molar-refractivity contribution >= 4 is 22.8 Å². The summed E-state index contributed by atoms with van der Waals surface area (Å²) in [4.78, 5) is 2.44. The molecule has 25 heavy (non-hydrogen) atoms. The number of rotatable bonds is 2. The van der Waals surface area contributed by atoms with Gasteiger partial charge in [0.2, 0.25) is 0 Å². The first-order valence-electron chi connectivity index (χ1n) is 8.10. The first kappa shape index (κ1) is 14.5. The van der Waals surface area contributed by atoms with E-state index in [0.717, 1.165) is 16.8 Å². The molecule has 3 aromatic carbocycles. The van der Waals surface area contributed by atoms with Crippen LogP contribution in [0.15, 0.2) is 76.5 Å². The topological polar surface area (TPSA) is 39.9 Å². The molecular weight excluding hydrogens is 330 g/mol. The normalized spacial score (nSPS) is 15.6. The van der Waals surface area contributed by atoms with Gasteiger partial charge in [-0.05, 0) is 41.5 Å². The Kier molecular flexibility index (Phi) is 3.28. The van der Waals surface area contributed by atoms with Gasteiger partial charge >= 0.3 is 0 Å². The Bertz CT molecular complexity index is 1090. The van der Waals surface area contributed by atoms with E-state index in [9.17, 15) is 0 Å². The SMILES string of the molecule is COc1ccc2c(c1)Sc1ccccc1C2n1nnc2ccccc21. The van der Waals surface area contributed by atoms with Crippen LogP contribution in [-0.4, -0.2) is 22.1 Å². The highest BCUT2D eigenvalue weighted by Gasteiger charge is 2.29. The maximum atomic E-state index is 5.42. The summed E-state index contributed by atoms with van der Waals surface area (Å²) in [7, 11) is 1.70. The molecule has 0 saturated heterocycles. The highest BCUT2D eigenvalue weighted by molar-refractivity contribution is 7.99. The maximum absolute atomic E-state index is 5.42. The van der Waals surface area contributed by atoms with Gasteiger partial charge in [-0.25, -0.2) is 4.68 Å². The zero-order chi connectivity index (χ0) is 16.8. The van der Waals surface area contributed by atoms with Crippen LogP contribution in [0.5, 0.6) is 5.75 Å². The summed E-state index contributed by atoms with van der Waals surface area (Å²) in [6, 6.07) is 22.8. The van der Waals surface area contributed by atoms with Gasteiger partial charge in [0.1, 0.15) is 17.3 Å². The highest BCUT2D eigenvalue weighted by Crippen LogP contribution is 2.47. The monoisotopic (exact) mass is 345 g/mol. The van der Waals surface area contributed by atoms with Crippen molar-refractivity contribution in [1.29, 1.82) is 0 Å². The number of hydrogen-bond acceptors (Lipinski definition) is 4. The van der Waals surface area contributed by atoms with Gasteiger partial charge in [0.05, 0.1) is 12.6 Å². The molecule has 4 nitrogen and oxygen atoms in total. The second-order valence-corrected chi connectivity index (χ2v) is 7.05. The molecule has 5 heteroatoms. The summed E-state index contributed by atoms with van der Waals surface area (Å²) < 4.78 is 7.44. The average molecular weight is 345 g/mol. The van der Waals surface area contributed by atoms with E-state index in [1.807, 2.05) is 28.9 Å². The Hall–Kier alpha value is -2.79. The lowest BCUT2D eigenvalue weighted by molar-refractivity contribution is 0.413. The van der Waals surface area contributed by atoms with Crippen molar-refractivity contribution < 1.29 is 4.74 Å². The van der Waals surface area contributed by atoms with E-state index in [-0.39, 0.29) is 6.04 Å². The molecule has 0 aliphatic carbocycles. The van der Waals surface area contributed by atoms with E-state index in [4.69, 9.17) is 4.74 Å². The van der Waals surface area contributed by atoms with E-state index < -0.39 is 0 Å². The Morgan fingerprint density at radius 3 is 2.64 bits per heavy atom. The minimum atomic E-state index is 0.00533. The Morgan fingerprint density at radius 2 is 1.72 bits per heavy atom. The molecule has 1 atom stereocenters. The molecule has 122 valence electrons. The lowest BCUT2D eigenvalue weighted by Gasteiger charge is -2.28. The van der Waals surface area contributed by atoms with E-state index in [1.165, 1.54) is 20.9 Å². The third-order valence-corrected chi connectivity index (χ3v) is 5.74. The molecule has 0 bridgehead atoms. The molecule has 0 fully saturated rings. The van der Waals surface area contributed by atoms with Crippen LogP contribution in [0.25, 0.3) is 11.0 Å². The maximum Gasteiger partial charge on any atom is 0.120 e. The standard InChI is InChI=1S/C20H15N3OS/c1-24-13-10-11-15-19(12-13)25-18-9-5-2-6-14(18)20(15)23-17-8-4-3-7-16(17)21-22-23/h2-12,20H,1H3. The highest BCUT2D eigenvalue weighted by atomic mass is 32.2. The first-order valence-corrected chi connectivity index (χ1v) is 8.91. The third kappa shape index (κ3) is 2.23. The molecule has 0 saturated carbocycles. The Balaban J connectivity index is 1.79. The second-order valence-electron chi connectivity index (χ2n) is 5.97. The van der Waals surface area contributed by atoms with Crippen molar-refractivity contribution in [3.05, 3.63) is 77.9 Å². The lowest BCUT2D eigenvalue weighted by atomic mass is 9.97. The largest absolute Gasteiger partial charge is 0.497 e. The molecule has 0 amide bonds. The predicted octanol–water partition coefficient (Wildman–Crippen LogP) is 4.54. The van der Waals surface area contributed by atoms with Gasteiger partial charge in [-0.15, -0.1) is 5.10 Å². The van der Waals surface area contributed by atoms with Gasteiger partial charge in [-0.3, -0.25) is 0 Å². The molecular formula is C20H15N3OS. The number of ether oxygens (including phenoxy) is 1. The molecule has 0 radical (unpaired) electrons. The summed E-state index contributed by atoms with van der Waals surface area (Å²) in [5.41, 5.74) is 4.42. The van der Waals surface area contributed by atoms with Gasteiger partial charge < -0.3 is 4.74 Å².